The van der Waals surface area contributed by atoms with Gasteiger partial charge in [-0.05, 0) is 49.8 Å². The Kier molecular flexibility index (Phi) is 4.86. The van der Waals surface area contributed by atoms with Gasteiger partial charge in [0.05, 0.1) is 24.4 Å². The minimum absolute atomic E-state index is 0.0888. The van der Waals surface area contributed by atoms with Gasteiger partial charge in [0.1, 0.15) is 11.6 Å². The second-order valence-corrected chi connectivity index (χ2v) is 9.17. The summed E-state index contributed by atoms with van der Waals surface area (Å²) in [6.45, 7) is 2.58. The van der Waals surface area contributed by atoms with Crippen LogP contribution in [0.2, 0.25) is 0 Å². The maximum Gasteiger partial charge on any atom is 0.250 e. The van der Waals surface area contributed by atoms with Gasteiger partial charge in [0.25, 0.3) is 5.92 Å². The molecule has 2 aliphatic carbocycles. The van der Waals surface area contributed by atoms with Gasteiger partial charge in [-0.25, -0.2) is 8.78 Å². The third kappa shape index (κ3) is 3.32. The van der Waals surface area contributed by atoms with Gasteiger partial charge in [0, 0.05) is 25.9 Å². The lowest BCUT2D eigenvalue weighted by molar-refractivity contribution is -0.0409. The summed E-state index contributed by atoms with van der Waals surface area (Å²) in [5.41, 5.74) is -1.58. The molecule has 2 N–H and O–H groups in total. The van der Waals surface area contributed by atoms with Gasteiger partial charge in [0.2, 0.25) is 0 Å². The van der Waals surface area contributed by atoms with Gasteiger partial charge in [0.15, 0.2) is 5.60 Å². The van der Waals surface area contributed by atoms with E-state index in [2.05, 4.69) is 10.2 Å². The average molecular weight is 418 g/mol. The van der Waals surface area contributed by atoms with E-state index in [1.807, 2.05) is 30.4 Å². The van der Waals surface area contributed by atoms with Crippen molar-refractivity contribution in [2.45, 2.75) is 74.6 Å². The van der Waals surface area contributed by atoms with Crippen LogP contribution in [0.5, 0.6) is 0 Å². The second-order valence-electron chi connectivity index (χ2n) is 9.17. The minimum atomic E-state index is -2.74. The van der Waals surface area contributed by atoms with Crippen molar-refractivity contribution < 1.29 is 18.3 Å². The molecule has 30 heavy (non-hydrogen) atoms. The number of amidine groups is 1. The normalized spacial score (nSPS) is 35.4. The number of hydrogen-bond acceptors (Lipinski definition) is 4. The molecule has 4 aliphatic rings. The van der Waals surface area contributed by atoms with Gasteiger partial charge in [-0.1, -0.05) is 18.2 Å². The van der Waals surface area contributed by atoms with Crippen LogP contribution in [0, 0.1) is 0 Å². The van der Waals surface area contributed by atoms with Crippen LogP contribution in [-0.4, -0.2) is 52.0 Å². The van der Waals surface area contributed by atoms with Crippen molar-refractivity contribution in [3.05, 3.63) is 48.0 Å². The van der Waals surface area contributed by atoms with Crippen LogP contribution < -0.4 is 5.32 Å². The van der Waals surface area contributed by atoms with Gasteiger partial charge in [-0.3, -0.25) is 9.89 Å². The Hall–Kier alpha value is -1.99. The van der Waals surface area contributed by atoms with Crippen LogP contribution in [-0.2, 0) is 6.54 Å². The maximum absolute atomic E-state index is 14.1. The summed E-state index contributed by atoms with van der Waals surface area (Å²) in [7, 11) is 0. The van der Waals surface area contributed by atoms with Gasteiger partial charge < -0.3 is 14.8 Å². The molecule has 1 saturated carbocycles. The number of piperidine rings is 1. The number of hydrogen-bond donors (Lipinski definition) is 2. The summed E-state index contributed by atoms with van der Waals surface area (Å²) >= 11 is 0. The molecule has 2 atom stereocenters. The molecule has 0 unspecified atom stereocenters. The number of rotatable bonds is 4. The van der Waals surface area contributed by atoms with Crippen molar-refractivity contribution in [1.82, 2.24) is 10.2 Å². The SMILES string of the molecule is O[C@]1(C2=CC=CCC2)C(=NC2CCN(Cc3ccco3)CC2)N[C@]12CCC(F)(F)C2. The summed E-state index contributed by atoms with van der Waals surface area (Å²) in [5, 5.41) is 15.0. The molecule has 0 radical (unpaired) electrons. The quantitative estimate of drug-likeness (QED) is 0.782. The Balaban J connectivity index is 1.32. The lowest BCUT2D eigenvalue weighted by Crippen LogP contribution is -2.81. The molecule has 3 fully saturated rings. The highest BCUT2D eigenvalue weighted by atomic mass is 19.3. The molecular formula is C23H29F2N3O2. The zero-order valence-corrected chi connectivity index (χ0v) is 17.1. The van der Waals surface area contributed by atoms with E-state index < -0.39 is 17.1 Å². The number of aliphatic hydroxyl groups is 1. The van der Waals surface area contributed by atoms with E-state index >= 15 is 0 Å². The lowest BCUT2D eigenvalue weighted by atomic mass is 9.64. The molecule has 0 amide bonds. The van der Waals surface area contributed by atoms with Crippen molar-refractivity contribution in [3.8, 4) is 0 Å². The number of furan rings is 1. The first-order valence-electron chi connectivity index (χ1n) is 11.0. The van der Waals surface area contributed by atoms with Crippen molar-refractivity contribution in [3.63, 3.8) is 0 Å². The minimum Gasteiger partial charge on any atom is -0.468 e. The zero-order chi connectivity index (χ0) is 20.8. The van der Waals surface area contributed by atoms with Crippen molar-refractivity contribution in [2.24, 2.45) is 4.99 Å². The van der Waals surface area contributed by atoms with E-state index in [9.17, 15) is 13.9 Å². The summed E-state index contributed by atoms with van der Waals surface area (Å²) in [6, 6.07) is 3.97. The first-order chi connectivity index (χ1) is 14.4. The molecule has 5 nitrogen and oxygen atoms in total. The molecule has 5 rings (SSSR count). The molecule has 1 spiro atoms. The maximum atomic E-state index is 14.1. The van der Waals surface area contributed by atoms with E-state index in [4.69, 9.17) is 9.41 Å². The second kappa shape index (κ2) is 7.31. The Morgan fingerprint density at radius 1 is 1.27 bits per heavy atom. The lowest BCUT2D eigenvalue weighted by Gasteiger charge is -2.58. The number of nitrogens with one attached hydrogen (secondary N) is 1. The van der Waals surface area contributed by atoms with Gasteiger partial charge >= 0.3 is 0 Å². The molecular weight excluding hydrogens is 388 g/mol. The molecule has 1 aromatic rings. The van der Waals surface area contributed by atoms with Crippen LogP contribution in [0.1, 0.15) is 50.7 Å². The zero-order valence-electron chi connectivity index (χ0n) is 17.1. The van der Waals surface area contributed by atoms with Crippen LogP contribution >= 0.6 is 0 Å². The van der Waals surface area contributed by atoms with Crippen LogP contribution in [0.25, 0.3) is 0 Å². The number of allylic oxidation sites excluding steroid dienone is 3. The van der Waals surface area contributed by atoms with Gasteiger partial charge in [-0.2, -0.15) is 0 Å². The number of likely N-dealkylation sites (tertiary alicyclic amines) is 1. The van der Waals surface area contributed by atoms with E-state index in [1.54, 1.807) is 6.26 Å². The Labute approximate surface area is 175 Å². The fourth-order valence-electron chi connectivity index (χ4n) is 5.50. The van der Waals surface area contributed by atoms with Crippen molar-refractivity contribution in [1.29, 1.82) is 0 Å². The first-order valence-corrected chi connectivity index (χ1v) is 11.0. The van der Waals surface area contributed by atoms with E-state index in [0.717, 1.165) is 50.2 Å². The number of alkyl halides is 2. The average Bonchev–Trinajstić information content (AvgIpc) is 3.37. The van der Waals surface area contributed by atoms with Gasteiger partial charge in [-0.15, -0.1) is 0 Å². The van der Waals surface area contributed by atoms with Crippen LogP contribution in [0.3, 0.4) is 0 Å². The van der Waals surface area contributed by atoms with Crippen LogP contribution in [0.15, 0.2) is 51.6 Å². The highest BCUT2D eigenvalue weighted by Gasteiger charge is 2.70. The highest BCUT2D eigenvalue weighted by molar-refractivity contribution is 6.02. The third-order valence-electron chi connectivity index (χ3n) is 7.18. The monoisotopic (exact) mass is 417 g/mol. The Morgan fingerprint density at radius 3 is 2.73 bits per heavy atom. The third-order valence-corrected chi connectivity index (χ3v) is 7.18. The number of nitrogens with zero attached hydrogens (tertiary/aromatic N) is 2. The summed E-state index contributed by atoms with van der Waals surface area (Å²) in [6.07, 6.45) is 10.5. The predicted octanol–water partition coefficient (Wildman–Crippen LogP) is 3.81. The predicted molar refractivity (Wildman–Crippen MR) is 111 cm³/mol. The molecule has 3 heterocycles. The molecule has 2 aliphatic heterocycles. The van der Waals surface area contributed by atoms with Crippen molar-refractivity contribution >= 4 is 5.84 Å². The summed E-state index contributed by atoms with van der Waals surface area (Å²) in [4.78, 5) is 7.20. The summed E-state index contributed by atoms with van der Waals surface area (Å²) in [5.74, 6) is -1.29. The fraction of sp³-hybridized carbons (Fsp3) is 0.609. The first kappa shape index (κ1) is 19.9. The topological polar surface area (TPSA) is 61.0 Å². The molecule has 1 aromatic heterocycles. The molecule has 2 saturated heterocycles. The highest BCUT2D eigenvalue weighted by Crippen LogP contribution is 2.55. The molecule has 0 bridgehead atoms. The smallest absolute Gasteiger partial charge is 0.250 e. The fourth-order valence-corrected chi connectivity index (χ4v) is 5.50. The largest absolute Gasteiger partial charge is 0.468 e. The molecule has 7 heteroatoms. The standard InChI is InChI=1S/C23H29F2N3O2/c24-22(25)11-10-21(16-22)23(29,17-5-2-1-3-6-17)20(27-21)26-18-8-12-28(13-9-18)15-19-7-4-14-30-19/h1-2,4-5,7,14,18,29H,3,6,8-13,15-16H2,(H,26,27)/t21-,23+/m0/s1. The van der Waals surface area contributed by atoms with E-state index in [-0.39, 0.29) is 25.3 Å². The summed E-state index contributed by atoms with van der Waals surface area (Å²) < 4.78 is 33.7. The molecule has 0 aromatic carbocycles. The van der Waals surface area contributed by atoms with E-state index in [0.29, 0.717) is 12.3 Å². The Morgan fingerprint density at radius 2 is 2.10 bits per heavy atom. The molecule has 162 valence electrons. The Bertz CT molecular complexity index is 871. The van der Waals surface area contributed by atoms with E-state index in [1.165, 1.54) is 0 Å². The van der Waals surface area contributed by atoms with Crippen molar-refractivity contribution in [2.75, 3.05) is 13.1 Å². The number of aliphatic imine (C=N–C) groups is 1. The van der Waals surface area contributed by atoms with Crippen LogP contribution in [0.4, 0.5) is 8.78 Å². The number of halogens is 2.